The van der Waals surface area contributed by atoms with Gasteiger partial charge in [-0.05, 0) is 67.4 Å². The monoisotopic (exact) mass is 493 g/mol. The number of rotatable bonds is 7. The Morgan fingerprint density at radius 2 is 1.91 bits per heavy atom. The SMILES string of the molecule is COc1ccc(CNC(=O)C(C)Sc2nc3cc(Cl)ccc3c(=O)n2-c2cccc(C)c2)cc1. The van der Waals surface area contributed by atoms with Crippen LogP contribution in [0.1, 0.15) is 18.1 Å². The molecule has 34 heavy (non-hydrogen) atoms. The number of nitrogens with zero attached hydrogens (tertiary/aromatic N) is 2. The van der Waals surface area contributed by atoms with Crippen LogP contribution in [-0.2, 0) is 11.3 Å². The number of carbonyl (C=O) groups excluding carboxylic acids is 1. The average molecular weight is 494 g/mol. The average Bonchev–Trinajstić information content (AvgIpc) is 2.82. The lowest BCUT2D eigenvalue weighted by atomic mass is 10.2. The van der Waals surface area contributed by atoms with Crippen molar-refractivity contribution in [3.8, 4) is 11.4 Å². The standard InChI is InChI=1S/C26H24ClN3O3S/c1-16-5-4-6-20(13-16)30-25(32)22-12-9-19(27)14-23(22)29-26(30)34-17(2)24(31)28-15-18-7-10-21(33-3)11-8-18/h4-14,17H,15H2,1-3H3,(H,28,31). The van der Waals surface area contributed by atoms with E-state index in [1.165, 1.54) is 11.8 Å². The number of amides is 1. The fourth-order valence-corrected chi connectivity index (χ4v) is 4.62. The van der Waals surface area contributed by atoms with Crippen molar-refractivity contribution < 1.29 is 9.53 Å². The Hall–Kier alpha value is -3.29. The van der Waals surface area contributed by atoms with Crippen LogP contribution < -0.4 is 15.6 Å². The maximum atomic E-state index is 13.4. The van der Waals surface area contributed by atoms with Crippen molar-refractivity contribution in [3.05, 3.63) is 93.2 Å². The third-order valence-electron chi connectivity index (χ3n) is 5.34. The molecular weight excluding hydrogens is 470 g/mol. The van der Waals surface area contributed by atoms with Gasteiger partial charge in [0.05, 0.1) is 29.0 Å². The zero-order valence-corrected chi connectivity index (χ0v) is 20.6. The third kappa shape index (κ3) is 5.26. The van der Waals surface area contributed by atoms with E-state index in [-0.39, 0.29) is 11.5 Å². The van der Waals surface area contributed by atoms with Gasteiger partial charge in [0.15, 0.2) is 5.16 Å². The summed E-state index contributed by atoms with van der Waals surface area (Å²) in [6.45, 7) is 4.15. The molecule has 1 unspecified atom stereocenters. The predicted molar refractivity (Wildman–Crippen MR) is 137 cm³/mol. The Bertz CT molecular complexity index is 1400. The second-order valence-electron chi connectivity index (χ2n) is 7.86. The lowest BCUT2D eigenvalue weighted by Crippen LogP contribution is -2.31. The van der Waals surface area contributed by atoms with Gasteiger partial charge in [-0.1, -0.05) is 47.6 Å². The second kappa shape index (κ2) is 10.3. The minimum atomic E-state index is -0.488. The maximum absolute atomic E-state index is 13.4. The van der Waals surface area contributed by atoms with E-state index in [0.29, 0.717) is 33.3 Å². The van der Waals surface area contributed by atoms with Crippen molar-refractivity contribution in [2.45, 2.75) is 30.8 Å². The van der Waals surface area contributed by atoms with Crippen LogP contribution in [0.25, 0.3) is 16.6 Å². The molecule has 3 aromatic carbocycles. The van der Waals surface area contributed by atoms with Crippen LogP contribution in [0.2, 0.25) is 5.02 Å². The second-order valence-corrected chi connectivity index (χ2v) is 9.61. The van der Waals surface area contributed by atoms with Gasteiger partial charge >= 0.3 is 0 Å². The minimum absolute atomic E-state index is 0.156. The highest BCUT2D eigenvalue weighted by Crippen LogP contribution is 2.26. The normalized spacial score (nSPS) is 11.9. The molecule has 0 fully saturated rings. The third-order valence-corrected chi connectivity index (χ3v) is 6.63. The number of aryl methyl sites for hydroxylation is 1. The zero-order chi connectivity index (χ0) is 24.2. The molecule has 0 spiro atoms. The van der Waals surface area contributed by atoms with Crippen molar-refractivity contribution >= 4 is 40.2 Å². The molecule has 1 heterocycles. The summed E-state index contributed by atoms with van der Waals surface area (Å²) < 4.78 is 6.72. The number of hydrogen-bond acceptors (Lipinski definition) is 5. The molecule has 0 saturated carbocycles. The molecule has 0 radical (unpaired) electrons. The quantitative estimate of drug-likeness (QED) is 0.284. The molecule has 1 aromatic heterocycles. The smallest absolute Gasteiger partial charge is 0.266 e. The van der Waals surface area contributed by atoms with Gasteiger partial charge in [-0.15, -0.1) is 0 Å². The number of benzene rings is 3. The van der Waals surface area contributed by atoms with E-state index in [0.717, 1.165) is 16.9 Å². The molecule has 0 aliphatic heterocycles. The highest BCUT2D eigenvalue weighted by molar-refractivity contribution is 8.00. The van der Waals surface area contributed by atoms with Gasteiger partial charge in [-0.3, -0.25) is 14.2 Å². The summed E-state index contributed by atoms with van der Waals surface area (Å²) in [4.78, 5) is 31.0. The van der Waals surface area contributed by atoms with Crippen molar-refractivity contribution in [2.24, 2.45) is 0 Å². The minimum Gasteiger partial charge on any atom is -0.497 e. The van der Waals surface area contributed by atoms with Gasteiger partial charge < -0.3 is 10.1 Å². The van der Waals surface area contributed by atoms with Gasteiger partial charge in [-0.25, -0.2) is 4.98 Å². The van der Waals surface area contributed by atoms with E-state index in [1.807, 2.05) is 55.5 Å². The molecule has 0 bridgehead atoms. The maximum Gasteiger partial charge on any atom is 0.266 e. The Morgan fingerprint density at radius 3 is 2.62 bits per heavy atom. The number of nitrogens with one attached hydrogen (secondary N) is 1. The summed E-state index contributed by atoms with van der Waals surface area (Å²) in [5, 5.41) is 3.85. The Balaban J connectivity index is 1.63. The summed E-state index contributed by atoms with van der Waals surface area (Å²) in [5.41, 5.74) is 2.96. The molecule has 4 rings (SSSR count). The molecule has 1 atom stereocenters. The van der Waals surface area contributed by atoms with Crippen LogP contribution in [0.3, 0.4) is 0 Å². The lowest BCUT2D eigenvalue weighted by molar-refractivity contribution is -0.120. The van der Waals surface area contributed by atoms with Crippen LogP contribution in [-0.4, -0.2) is 27.8 Å². The van der Waals surface area contributed by atoms with Crippen molar-refractivity contribution in [2.75, 3.05) is 7.11 Å². The predicted octanol–water partition coefficient (Wildman–Crippen LogP) is 5.15. The van der Waals surface area contributed by atoms with Crippen LogP contribution in [0.15, 0.2) is 76.7 Å². The summed E-state index contributed by atoms with van der Waals surface area (Å²) in [7, 11) is 1.61. The molecule has 0 saturated heterocycles. The molecule has 0 aliphatic carbocycles. The van der Waals surface area contributed by atoms with E-state index in [2.05, 4.69) is 5.32 Å². The molecule has 1 amide bonds. The largest absolute Gasteiger partial charge is 0.497 e. The first-order valence-corrected chi connectivity index (χ1v) is 12.0. The fraction of sp³-hybridized carbons (Fsp3) is 0.192. The van der Waals surface area contributed by atoms with Gasteiger partial charge in [0.25, 0.3) is 5.56 Å². The van der Waals surface area contributed by atoms with Gasteiger partial charge in [0.1, 0.15) is 5.75 Å². The number of aromatic nitrogens is 2. The van der Waals surface area contributed by atoms with E-state index < -0.39 is 5.25 Å². The number of carbonyl (C=O) groups is 1. The Morgan fingerprint density at radius 1 is 1.15 bits per heavy atom. The molecule has 8 heteroatoms. The fourth-order valence-electron chi connectivity index (χ4n) is 3.50. The molecule has 0 aliphatic rings. The molecule has 6 nitrogen and oxygen atoms in total. The van der Waals surface area contributed by atoms with E-state index in [9.17, 15) is 9.59 Å². The van der Waals surface area contributed by atoms with Crippen molar-refractivity contribution in [3.63, 3.8) is 0 Å². The van der Waals surface area contributed by atoms with Crippen LogP contribution in [0, 0.1) is 6.92 Å². The van der Waals surface area contributed by atoms with E-state index >= 15 is 0 Å². The topological polar surface area (TPSA) is 73.2 Å². The number of fused-ring (bicyclic) bond motifs is 1. The first-order valence-electron chi connectivity index (χ1n) is 10.7. The molecule has 4 aromatic rings. The number of hydrogen-bond donors (Lipinski definition) is 1. The van der Waals surface area contributed by atoms with Crippen molar-refractivity contribution in [1.82, 2.24) is 14.9 Å². The summed E-state index contributed by atoms with van der Waals surface area (Å²) in [5.74, 6) is 0.604. The molecule has 174 valence electrons. The number of thioether (sulfide) groups is 1. The molecular formula is C26H24ClN3O3S. The van der Waals surface area contributed by atoms with Crippen LogP contribution >= 0.6 is 23.4 Å². The summed E-state index contributed by atoms with van der Waals surface area (Å²) in [6, 6.07) is 20.2. The first-order chi connectivity index (χ1) is 16.4. The van der Waals surface area contributed by atoms with Crippen LogP contribution in [0.4, 0.5) is 0 Å². The number of ether oxygens (including phenoxy) is 1. The van der Waals surface area contributed by atoms with Gasteiger partial charge in [0.2, 0.25) is 5.91 Å². The molecule has 1 N–H and O–H groups in total. The first kappa shape index (κ1) is 23.9. The number of halogens is 1. The lowest BCUT2D eigenvalue weighted by Gasteiger charge is -2.17. The van der Waals surface area contributed by atoms with Crippen molar-refractivity contribution in [1.29, 1.82) is 0 Å². The Labute approximate surface area is 206 Å². The summed E-state index contributed by atoms with van der Waals surface area (Å²) >= 11 is 7.38. The Kier molecular flexibility index (Phi) is 7.24. The number of methoxy groups -OCH3 is 1. The van der Waals surface area contributed by atoms with Gasteiger partial charge in [0, 0.05) is 11.6 Å². The highest BCUT2D eigenvalue weighted by atomic mass is 35.5. The van der Waals surface area contributed by atoms with E-state index in [4.69, 9.17) is 21.3 Å². The highest BCUT2D eigenvalue weighted by Gasteiger charge is 2.20. The van der Waals surface area contributed by atoms with E-state index in [1.54, 1.807) is 36.8 Å². The van der Waals surface area contributed by atoms with Gasteiger partial charge in [-0.2, -0.15) is 0 Å². The zero-order valence-electron chi connectivity index (χ0n) is 19.0. The van der Waals surface area contributed by atoms with Crippen LogP contribution in [0.5, 0.6) is 5.75 Å². The summed E-state index contributed by atoms with van der Waals surface area (Å²) in [6.07, 6.45) is 0.